The quantitative estimate of drug-likeness (QED) is 0.645. The van der Waals surface area contributed by atoms with Gasteiger partial charge in [0.25, 0.3) is 0 Å². The average Bonchev–Trinajstić information content (AvgIpc) is 2.89. The lowest BCUT2D eigenvalue weighted by Gasteiger charge is -2.31. The van der Waals surface area contributed by atoms with Crippen LogP contribution in [0.25, 0.3) is 0 Å². The van der Waals surface area contributed by atoms with E-state index in [-0.39, 0.29) is 5.41 Å². The highest BCUT2D eigenvalue weighted by molar-refractivity contribution is 5.84. The van der Waals surface area contributed by atoms with Crippen molar-refractivity contribution in [1.82, 2.24) is 16.0 Å². The zero-order valence-electron chi connectivity index (χ0n) is 10.4. The molecule has 1 aliphatic carbocycles. The lowest BCUT2D eigenvalue weighted by Crippen LogP contribution is -2.50. The summed E-state index contributed by atoms with van der Waals surface area (Å²) in [6, 6.07) is 0.403. The van der Waals surface area contributed by atoms with Crippen molar-refractivity contribution in [2.24, 2.45) is 11.3 Å². The second-order valence-electron chi connectivity index (χ2n) is 5.87. The number of nitrogens with one attached hydrogen (secondary N) is 3. The summed E-state index contributed by atoms with van der Waals surface area (Å²) in [4.78, 5) is 12.5. The van der Waals surface area contributed by atoms with Gasteiger partial charge in [0.1, 0.15) is 0 Å². The highest BCUT2D eigenvalue weighted by Gasteiger charge is 2.51. The first-order chi connectivity index (χ1) is 8.31. The maximum atomic E-state index is 12.5. The van der Waals surface area contributed by atoms with Gasteiger partial charge in [0.15, 0.2) is 0 Å². The Balaban J connectivity index is 1.64. The Kier molecular flexibility index (Phi) is 3.09. The van der Waals surface area contributed by atoms with Crippen LogP contribution < -0.4 is 16.0 Å². The highest BCUT2D eigenvalue weighted by atomic mass is 16.2. The summed E-state index contributed by atoms with van der Waals surface area (Å²) in [6.45, 7) is 4.02. The summed E-state index contributed by atoms with van der Waals surface area (Å²) in [5, 5.41) is 10.1. The molecule has 0 aromatic rings. The molecule has 1 amide bonds. The zero-order chi connectivity index (χ0) is 11.7. The Labute approximate surface area is 103 Å². The molecule has 2 atom stereocenters. The molecule has 2 aliphatic heterocycles. The van der Waals surface area contributed by atoms with Crippen molar-refractivity contribution < 1.29 is 4.79 Å². The fourth-order valence-electron chi connectivity index (χ4n) is 3.82. The lowest BCUT2D eigenvalue weighted by molar-refractivity contribution is -0.132. The fourth-order valence-corrected chi connectivity index (χ4v) is 3.82. The SMILES string of the molecule is O=C(NC1CCNCC1)[C@@]12CCC[C@@H]1CNC2. The van der Waals surface area contributed by atoms with E-state index in [1.54, 1.807) is 0 Å². The van der Waals surface area contributed by atoms with Crippen LogP contribution in [-0.4, -0.2) is 38.1 Å². The van der Waals surface area contributed by atoms with Gasteiger partial charge in [-0.1, -0.05) is 6.42 Å². The molecular formula is C13H23N3O. The molecule has 0 bridgehead atoms. The molecule has 96 valence electrons. The number of rotatable bonds is 2. The van der Waals surface area contributed by atoms with Gasteiger partial charge in [-0.05, 0) is 51.2 Å². The Morgan fingerprint density at radius 2 is 2.00 bits per heavy atom. The predicted molar refractivity (Wildman–Crippen MR) is 66.7 cm³/mol. The van der Waals surface area contributed by atoms with Crippen LogP contribution in [0.3, 0.4) is 0 Å². The number of carbonyl (C=O) groups excluding carboxylic acids is 1. The van der Waals surface area contributed by atoms with Gasteiger partial charge in [-0.15, -0.1) is 0 Å². The maximum Gasteiger partial charge on any atom is 0.228 e. The van der Waals surface area contributed by atoms with Crippen LogP contribution in [0.15, 0.2) is 0 Å². The van der Waals surface area contributed by atoms with E-state index in [9.17, 15) is 4.79 Å². The van der Waals surface area contributed by atoms with Gasteiger partial charge in [-0.2, -0.15) is 0 Å². The third-order valence-electron chi connectivity index (χ3n) is 4.91. The number of amides is 1. The molecule has 2 heterocycles. The summed E-state index contributed by atoms with van der Waals surface area (Å²) in [5.41, 5.74) is -0.0646. The largest absolute Gasteiger partial charge is 0.353 e. The van der Waals surface area contributed by atoms with E-state index in [2.05, 4.69) is 16.0 Å². The summed E-state index contributed by atoms with van der Waals surface area (Å²) in [6.07, 6.45) is 5.71. The summed E-state index contributed by atoms with van der Waals surface area (Å²) in [7, 11) is 0. The van der Waals surface area contributed by atoms with E-state index in [0.717, 1.165) is 45.4 Å². The minimum Gasteiger partial charge on any atom is -0.353 e. The second-order valence-corrected chi connectivity index (χ2v) is 5.87. The molecule has 0 radical (unpaired) electrons. The van der Waals surface area contributed by atoms with E-state index in [0.29, 0.717) is 17.9 Å². The van der Waals surface area contributed by atoms with E-state index in [4.69, 9.17) is 0 Å². The summed E-state index contributed by atoms with van der Waals surface area (Å²) in [5.74, 6) is 0.918. The van der Waals surface area contributed by atoms with E-state index < -0.39 is 0 Å². The smallest absolute Gasteiger partial charge is 0.228 e. The number of fused-ring (bicyclic) bond motifs is 1. The molecule has 17 heavy (non-hydrogen) atoms. The van der Waals surface area contributed by atoms with Crippen LogP contribution in [0.4, 0.5) is 0 Å². The summed E-state index contributed by atoms with van der Waals surface area (Å²) >= 11 is 0. The summed E-state index contributed by atoms with van der Waals surface area (Å²) < 4.78 is 0. The van der Waals surface area contributed by atoms with Gasteiger partial charge < -0.3 is 16.0 Å². The minimum absolute atomic E-state index is 0.0646. The molecule has 0 aromatic carbocycles. The third kappa shape index (κ3) is 1.97. The van der Waals surface area contributed by atoms with Crippen molar-refractivity contribution in [3.8, 4) is 0 Å². The molecule has 0 unspecified atom stereocenters. The zero-order valence-corrected chi connectivity index (χ0v) is 10.4. The first kappa shape index (κ1) is 11.5. The predicted octanol–water partition coefficient (Wildman–Crippen LogP) is 0.244. The first-order valence-corrected chi connectivity index (χ1v) is 7.04. The Morgan fingerprint density at radius 1 is 1.18 bits per heavy atom. The van der Waals surface area contributed by atoms with Crippen LogP contribution in [-0.2, 0) is 4.79 Å². The number of hydrogen-bond acceptors (Lipinski definition) is 3. The molecule has 3 rings (SSSR count). The molecule has 2 saturated heterocycles. The van der Waals surface area contributed by atoms with Gasteiger partial charge in [0.2, 0.25) is 5.91 Å². The van der Waals surface area contributed by atoms with Gasteiger partial charge in [0, 0.05) is 12.6 Å². The first-order valence-electron chi connectivity index (χ1n) is 7.04. The van der Waals surface area contributed by atoms with Crippen molar-refractivity contribution >= 4 is 5.91 Å². The van der Waals surface area contributed by atoms with Crippen molar-refractivity contribution in [3.63, 3.8) is 0 Å². The van der Waals surface area contributed by atoms with Crippen molar-refractivity contribution in [2.75, 3.05) is 26.2 Å². The van der Waals surface area contributed by atoms with Gasteiger partial charge in [-0.3, -0.25) is 4.79 Å². The van der Waals surface area contributed by atoms with Gasteiger partial charge >= 0.3 is 0 Å². The third-order valence-corrected chi connectivity index (χ3v) is 4.91. The van der Waals surface area contributed by atoms with Crippen LogP contribution in [0.2, 0.25) is 0 Å². The lowest BCUT2D eigenvalue weighted by atomic mass is 9.79. The molecule has 3 N–H and O–H groups in total. The molecule has 4 heteroatoms. The molecule has 0 spiro atoms. The number of hydrogen-bond donors (Lipinski definition) is 3. The van der Waals surface area contributed by atoms with Crippen LogP contribution >= 0.6 is 0 Å². The van der Waals surface area contributed by atoms with Gasteiger partial charge in [-0.25, -0.2) is 0 Å². The van der Waals surface area contributed by atoms with Crippen LogP contribution in [0, 0.1) is 11.3 Å². The molecule has 3 fully saturated rings. The Hall–Kier alpha value is -0.610. The van der Waals surface area contributed by atoms with E-state index in [1.165, 1.54) is 12.8 Å². The van der Waals surface area contributed by atoms with Crippen LogP contribution in [0.5, 0.6) is 0 Å². The van der Waals surface area contributed by atoms with Crippen LogP contribution in [0.1, 0.15) is 32.1 Å². The Bertz CT molecular complexity index is 289. The van der Waals surface area contributed by atoms with Crippen molar-refractivity contribution in [3.05, 3.63) is 0 Å². The maximum absolute atomic E-state index is 12.5. The molecular weight excluding hydrogens is 214 g/mol. The molecule has 3 aliphatic rings. The standard InChI is InChI=1S/C13H23N3O/c17-12(16-11-3-6-14-7-4-11)13-5-1-2-10(13)8-15-9-13/h10-11,14-15H,1-9H2,(H,16,17)/t10-,13-/m1/s1. The van der Waals surface area contributed by atoms with E-state index in [1.807, 2.05) is 0 Å². The van der Waals surface area contributed by atoms with Crippen molar-refractivity contribution in [2.45, 2.75) is 38.1 Å². The molecule has 1 saturated carbocycles. The molecule has 4 nitrogen and oxygen atoms in total. The minimum atomic E-state index is -0.0646. The average molecular weight is 237 g/mol. The Morgan fingerprint density at radius 3 is 2.82 bits per heavy atom. The van der Waals surface area contributed by atoms with Crippen molar-refractivity contribution in [1.29, 1.82) is 0 Å². The molecule has 0 aromatic heterocycles. The topological polar surface area (TPSA) is 53.2 Å². The normalized spacial score (nSPS) is 38.0. The fraction of sp³-hybridized carbons (Fsp3) is 0.923. The number of carbonyl (C=O) groups is 1. The van der Waals surface area contributed by atoms with E-state index >= 15 is 0 Å². The highest BCUT2D eigenvalue weighted by Crippen LogP contribution is 2.45. The monoisotopic (exact) mass is 237 g/mol. The van der Waals surface area contributed by atoms with Gasteiger partial charge in [0.05, 0.1) is 5.41 Å². The second kappa shape index (κ2) is 4.58. The number of piperidine rings is 1.